The van der Waals surface area contributed by atoms with Crippen LogP contribution in [0.4, 0.5) is 0 Å². The van der Waals surface area contributed by atoms with E-state index in [2.05, 4.69) is 61.1 Å². The fourth-order valence-corrected chi connectivity index (χ4v) is 12.0. The van der Waals surface area contributed by atoms with Gasteiger partial charge in [0.1, 0.15) is 0 Å². The zero-order valence-electron chi connectivity index (χ0n) is 21.7. The van der Waals surface area contributed by atoms with Crippen molar-refractivity contribution in [2.45, 2.75) is 98.2 Å². The highest BCUT2D eigenvalue weighted by atomic mass is 28.4. The first-order chi connectivity index (χ1) is 14.9. The molecule has 182 valence electrons. The number of rotatable bonds is 9. The number of esters is 2. The van der Waals surface area contributed by atoms with Crippen LogP contribution in [0.1, 0.15) is 81.6 Å². The van der Waals surface area contributed by atoms with Crippen molar-refractivity contribution >= 4 is 20.3 Å². The number of ether oxygens (including phenoxy) is 2. The Hall–Kier alpha value is -1.56. The molecule has 0 saturated heterocycles. The van der Waals surface area contributed by atoms with E-state index >= 15 is 0 Å². The molecule has 1 fully saturated rings. The predicted molar refractivity (Wildman–Crippen MR) is 131 cm³/mol. The van der Waals surface area contributed by atoms with Crippen LogP contribution in [-0.2, 0) is 23.5 Å². The maximum absolute atomic E-state index is 13.3. The number of allylic oxidation sites excluding steroid dienone is 2. The fourth-order valence-electron chi connectivity index (χ4n) is 6.58. The Morgan fingerprint density at radius 2 is 1.50 bits per heavy atom. The lowest BCUT2D eigenvalue weighted by Crippen LogP contribution is -2.52. The molecule has 0 aromatic rings. The molecule has 0 heterocycles. The maximum atomic E-state index is 13.3. The van der Waals surface area contributed by atoms with Crippen molar-refractivity contribution < 1.29 is 23.5 Å². The standard InChI is InChI=1S/C26H44O5Si/c1-11-29-23(27)26(24(28)30-12-2)16-20(9)25(10)21(26)14-13-15-22(25)31-32(17(3)4,18(5)6)19(7)8/h15,17-19,21H,9,11-14,16H2,1-8,10H3/t21-,25-/m1/s1. The quantitative estimate of drug-likeness (QED) is 0.167. The number of carbonyl (C=O) groups excluding carboxylic acids is 2. The van der Waals surface area contributed by atoms with Gasteiger partial charge < -0.3 is 13.9 Å². The van der Waals surface area contributed by atoms with Gasteiger partial charge in [-0.05, 0) is 62.7 Å². The number of hydrogen-bond donors (Lipinski definition) is 0. The maximum Gasteiger partial charge on any atom is 0.324 e. The van der Waals surface area contributed by atoms with E-state index in [4.69, 9.17) is 13.9 Å². The second-order valence-corrected chi connectivity index (χ2v) is 15.9. The monoisotopic (exact) mass is 464 g/mol. The van der Waals surface area contributed by atoms with Gasteiger partial charge in [0.15, 0.2) is 5.41 Å². The Labute approximate surface area is 196 Å². The molecule has 0 aromatic heterocycles. The van der Waals surface area contributed by atoms with Gasteiger partial charge in [-0.1, -0.05) is 53.7 Å². The minimum Gasteiger partial charge on any atom is -0.545 e. The van der Waals surface area contributed by atoms with E-state index in [1.54, 1.807) is 13.8 Å². The first-order valence-electron chi connectivity index (χ1n) is 12.3. The van der Waals surface area contributed by atoms with Crippen molar-refractivity contribution in [2.75, 3.05) is 13.2 Å². The Balaban J connectivity index is 2.63. The third kappa shape index (κ3) is 3.86. The fraction of sp³-hybridized carbons (Fsp3) is 0.769. The van der Waals surface area contributed by atoms with Gasteiger partial charge in [-0.25, -0.2) is 0 Å². The molecule has 2 aliphatic carbocycles. The molecule has 0 aromatic carbocycles. The number of hydrogen-bond acceptors (Lipinski definition) is 5. The summed E-state index contributed by atoms with van der Waals surface area (Å²) in [6.45, 7) is 24.0. The average molecular weight is 465 g/mol. The molecule has 1 saturated carbocycles. The van der Waals surface area contributed by atoms with Crippen molar-refractivity contribution in [3.8, 4) is 0 Å². The van der Waals surface area contributed by atoms with Gasteiger partial charge in [0.05, 0.1) is 19.0 Å². The molecule has 2 rings (SSSR count). The second kappa shape index (κ2) is 9.74. The summed E-state index contributed by atoms with van der Waals surface area (Å²) >= 11 is 0. The van der Waals surface area contributed by atoms with Crippen molar-refractivity contribution in [1.29, 1.82) is 0 Å². The summed E-state index contributed by atoms with van der Waals surface area (Å²) < 4.78 is 18.1. The zero-order chi connectivity index (χ0) is 24.5. The lowest BCUT2D eigenvalue weighted by molar-refractivity contribution is -0.177. The van der Waals surface area contributed by atoms with Crippen molar-refractivity contribution in [3.05, 3.63) is 24.0 Å². The summed E-state index contributed by atoms with van der Waals surface area (Å²) in [7, 11) is -2.22. The molecule has 6 heteroatoms. The Kier molecular flexibility index (Phi) is 8.12. The lowest BCUT2D eigenvalue weighted by Gasteiger charge is -2.49. The van der Waals surface area contributed by atoms with Crippen LogP contribution in [0.25, 0.3) is 0 Å². The van der Waals surface area contributed by atoms with Gasteiger partial charge in [0, 0.05) is 11.3 Å². The Morgan fingerprint density at radius 3 is 1.91 bits per heavy atom. The molecular formula is C26H44O5Si. The minimum absolute atomic E-state index is 0.221. The minimum atomic E-state index is -2.22. The van der Waals surface area contributed by atoms with Crippen LogP contribution in [0.15, 0.2) is 24.0 Å². The van der Waals surface area contributed by atoms with Crippen LogP contribution in [-0.4, -0.2) is 33.5 Å². The molecular weight excluding hydrogens is 420 g/mol. The van der Waals surface area contributed by atoms with Gasteiger partial charge in [0.25, 0.3) is 8.32 Å². The molecule has 5 nitrogen and oxygen atoms in total. The largest absolute Gasteiger partial charge is 0.545 e. The van der Waals surface area contributed by atoms with E-state index in [1.807, 2.05) is 0 Å². The van der Waals surface area contributed by atoms with Gasteiger partial charge in [-0.3, -0.25) is 9.59 Å². The first kappa shape index (κ1) is 26.7. The van der Waals surface area contributed by atoms with E-state index in [0.717, 1.165) is 17.8 Å². The first-order valence-corrected chi connectivity index (χ1v) is 14.4. The van der Waals surface area contributed by atoms with Gasteiger partial charge in [-0.2, -0.15) is 0 Å². The summed E-state index contributed by atoms with van der Waals surface area (Å²) in [6, 6.07) is 0. The van der Waals surface area contributed by atoms with Gasteiger partial charge >= 0.3 is 11.9 Å². The summed E-state index contributed by atoms with van der Waals surface area (Å²) in [5.74, 6) is -0.375. The average Bonchev–Trinajstić information content (AvgIpc) is 2.95. The highest BCUT2D eigenvalue weighted by Crippen LogP contribution is 2.65. The number of fused-ring (bicyclic) bond motifs is 1. The van der Waals surface area contributed by atoms with Crippen molar-refractivity contribution in [1.82, 2.24) is 0 Å². The summed E-state index contributed by atoms with van der Waals surface area (Å²) in [6.07, 6.45) is 3.87. The topological polar surface area (TPSA) is 61.8 Å². The third-order valence-electron chi connectivity index (χ3n) is 8.09. The second-order valence-electron chi connectivity index (χ2n) is 10.5. The third-order valence-corrected chi connectivity index (χ3v) is 14.1. The molecule has 0 amide bonds. The molecule has 0 radical (unpaired) electrons. The van der Waals surface area contributed by atoms with E-state index in [9.17, 15) is 9.59 Å². The molecule has 2 atom stereocenters. The SMILES string of the molecule is C=C1CC(C(=O)OCC)(C(=O)OCC)[C@@H]2CCC=C(O[Si](C(C)C)(C(C)C)C(C)C)[C@]12C. The summed E-state index contributed by atoms with van der Waals surface area (Å²) in [5, 5.41) is 0. The Morgan fingerprint density at radius 1 is 1.03 bits per heavy atom. The highest BCUT2D eigenvalue weighted by Gasteiger charge is 2.68. The van der Waals surface area contributed by atoms with Crippen LogP contribution in [0.5, 0.6) is 0 Å². The van der Waals surface area contributed by atoms with Crippen LogP contribution in [0.3, 0.4) is 0 Å². The van der Waals surface area contributed by atoms with E-state index in [0.29, 0.717) is 23.0 Å². The molecule has 0 aliphatic heterocycles. The van der Waals surface area contributed by atoms with Crippen molar-refractivity contribution in [2.24, 2.45) is 16.7 Å². The molecule has 0 spiro atoms. The highest BCUT2D eigenvalue weighted by molar-refractivity contribution is 6.77. The molecule has 2 aliphatic rings. The van der Waals surface area contributed by atoms with Crippen LogP contribution >= 0.6 is 0 Å². The van der Waals surface area contributed by atoms with E-state index in [1.165, 1.54) is 0 Å². The van der Waals surface area contributed by atoms with Crippen LogP contribution in [0, 0.1) is 16.7 Å². The molecule has 0 N–H and O–H groups in total. The normalized spacial score (nSPS) is 25.1. The molecule has 0 bridgehead atoms. The summed E-state index contributed by atoms with van der Waals surface area (Å²) in [5.41, 5.74) is 0.145. The predicted octanol–water partition coefficient (Wildman–Crippen LogP) is 6.55. The van der Waals surface area contributed by atoms with E-state index in [-0.39, 0.29) is 25.6 Å². The molecule has 0 unspecified atom stereocenters. The molecule has 32 heavy (non-hydrogen) atoms. The Bertz CT molecular complexity index is 726. The van der Waals surface area contributed by atoms with Crippen molar-refractivity contribution in [3.63, 3.8) is 0 Å². The van der Waals surface area contributed by atoms with Crippen LogP contribution in [0.2, 0.25) is 16.6 Å². The summed E-state index contributed by atoms with van der Waals surface area (Å²) in [4.78, 5) is 26.7. The smallest absolute Gasteiger partial charge is 0.324 e. The van der Waals surface area contributed by atoms with Gasteiger partial charge in [-0.15, -0.1) is 0 Å². The van der Waals surface area contributed by atoms with Crippen LogP contribution < -0.4 is 0 Å². The number of carbonyl (C=O) groups is 2. The van der Waals surface area contributed by atoms with E-state index < -0.39 is 31.1 Å². The van der Waals surface area contributed by atoms with Gasteiger partial charge in [0.2, 0.25) is 0 Å². The zero-order valence-corrected chi connectivity index (χ0v) is 22.7. The lowest BCUT2D eigenvalue weighted by atomic mass is 9.63.